The minimum atomic E-state index is -0.865. The van der Waals surface area contributed by atoms with Crippen LogP contribution in [-0.2, 0) is 16.1 Å². The fourth-order valence-corrected chi connectivity index (χ4v) is 8.42. The van der Waals surface area contributed by atoms with Crippen molar-refractivity contribution in [3.8, 4) is 0 Å². The van der Waals surface area contributed by atoms with E-state index in [4.69, 9.17) is 19.7 Å². The molecule has 1 fully saturated rings. The van der Waals surface area contributed by atoms with Gasteiger partial charge in [0.15, 0.2) is 0 Å². The number of aliphatic hydroxyl groups excluding tert-OH is 1. The van der Waals surface area contributed by atoms with Crippen molar-refractivity contribution in [3.05, 3.63) is 125 Å². The zero-order valence-electron chi connectivity index (χ0n) is 28.7. The number of hydrogen-bond donors (Lipinski definition) is 3. The number of benzene rings is 1. The number of nitrogens with zero attached hydrogens (tertiary/aromatic N) is 3. The highest BCUT2D eigenvalue weighted by Gasteiger charge is 2.39. The van der Waals surface area contributed by atoms with Crippen molar-refractivity contribution < 1.29 is 19.7 Å². The molecule has 8 bridgehead atoms. The van der Waals surface area contributed by atoms with Gasteiger partial charge in [-0.25, -0.2) is 15.0 Å². The summed E-state index contributed by atoms with van der Waals surface area (Å²) in [7, 11) is 0. The van der Waals surface area contributed by atoms with E-state index in [0.717, 1.165) is 90.9 Å². The molecular formula is C40H41IN4O4. The van der Waals surface area contributed by atoms with Gasteiger partial charge in [-0.05, 0) is 121 Å². The highest BCUT2D eigenvalue weighted by atomic mass is 127. The third kappa shape index (κ3) is 5.94. The number of fused-ring (bicyclic) bond motifs is 5. The summed E-state index contributed by atoms with van der Waals surface area (Å²) in [6.45, 7) is 13.1. The van der Waals surface area contributed by atoms with Crippen molar-refractivity contribution >= 4 is 45.7 Å². The van der Waals surface area contributed by atoms with Gasteiger partial charge >= 0.3 is 5.97 Å². The smallest absolute Gasteiger partial charge is 0.303 e. The summed E-state index contributed by atoms with van der Waals surface area (Å²) in [5, 5.41) is 24.6. The summed E-state index contributed by atoms with van der Waals surface area (Å²) in [6.07, 6.45) is 7.66. The van der Waals surface area contributed by atoms with E-state index in [1.165, 1.54) is 3.57 Å². The van der Waals surface area contributed by atoms with Gasteiger partial charge in [-0.2, -0.15) is 0 Å². The Morgan fingerprint density at radius 2 is 1.86 bits per heavy atom. The van der Waals surface area contributed by atoms with Crippen molar-refractivity contribution in [2.75, 3.05) is 0 Å². The van der Waals surface area contributed by atoms with Crippen LogP contribution in [0, 0.1) is 15.4 Å². The van der Waals surface area contributed by atoms with E-state index >= 15 is 0 Å². The lowest BCUT2D eigenvalue weighted by atomic mass is 9.89. The predicted molar refractivity (Wildman–Crippen MR) is 202 cm³/mol. The predicted octanol–water partition coefficient (Wildman–Crippen LogP) is 8.73. The zero-order chi connectivity index (χ0) is 34.7. The Kier molecular flexibility index (Phi) is 8.85. The van der Waals surface area contributed by atoms with Crippen LogP contribution in [0.2, 0.25) is 0 Å². The highest BCUT2D eigenvalue weighted by Crippen LogP contribution is 2.45. The second-order valence-electron chi connectivity index (χ2n) is 13.6. The standard InChI is InChI=1S/C40H41IN4O4/c1-7-26-19(2)29-17-34-37(23(6)49-18-24-9-8-10-25(41)13-24)21(4)31(43-34)15-30-20(3)27(11-12-36(47)48)39(44-30)28-14-35(46)38-22(5)32(45-40(28)38)16-33(26)42-29/h8-10,13,15-17,19,23,26,42,46H,7,11-12,14,18H2,1-6H3,(H,47,48)/t19-,23?,26-/m1/s1. The molecule has 0 amide bonds. The van der Waals surface area contributed by atoms with Gasteiger partial charge in [0.05, 0.1) is 46.9 Å². The summed E-state index contributed by atoms with van der Waals surface area (Å²) in [6, 6.07) is 8.35. The molecule has 1 saturated heterocycles. The minimum absolute atomic E-state index is 0.0211. The van der Waals surface area contributed by atoms with Crippen molar-refractivity contribution in [1.29, 1.82) is 0 Å². The number of nitrogens with one attached hydrogen (secondary N) is 1. The van der Waals surface area contributed by atoms with Gasteiger partial charge in [-0.15, -0.1) is 0 Å². The first-order chi connectivity index (χ1) is 23.4. The molecule has 6 aliphatic rings. The fraction of sp³-hybridized carbons (Fsp3) is 0.350. The molecule has 0 spiro atoms. The average Bonchev–Trinajstić information content (AvgIpc) is 3.81. The summed E-state index contributed by atoms with van der Waals surface area (Å²) < 4.78 is 7.69. The molecule has 0 aromatic heterocycles. The average molecular weight is 769 g/mol. The van der Waals surface area contributed by atoms with E-state index < -0.39 is 5.97 Å². The lowest BCUT2D eigenvalue weighted by molar-refractivity contribution is -0.136. The first-order valence-corrected chi connectivity index (χ1v) is 18.1. The maximum Gasteiger partial charge on any atom is 0.303 e. The molecule has 0 radical (unpaired) electrons. The lowest BCUT2D eigenvalue weighted by Gasteiger charge is -2.17. The van der Waals surface area contributed by atoms with Gasteiger partial charge < -0.3 is 20.3 Å². The Morgan fingerprint density at radius 3 is 2.59 bits per heavy atom. The number of halogens is 1. The first kappa shape index (κ1) is 33.4. The number of carbonyl (C=O) groups is 1. The lowest BCUT2D eigenvalue weighted by Crippen LogP contribution is -2.18. The van der Waals surface area contributed by atoms with Crippen molar-refractivity contribution in [1.82, 2.24) is 5.32 Å². The Bertz CT molecular complexity index is 2060. The van der Waals surface area contributed by atoms with Gasteiger partial charge in [-0.3, -0.25) is 4.79 Å². The van der Waals surface area contributed by atoms with Crippen molar-refractivity contribution in [2.24, 2.45) is 26.8 Å². The van der Waals surface area contributed by atoms with Crippen molar-refractivity contribution in [2.45, 2.75) is 79.9 Å². The van der Waals surface area contributed by atoms with Crippen LogP contribution >= 0.6 is 22.6 Å². The minimum Gasteiger partial charge on any atom is -0.511 e. The SMILES string of the molecule is CC[C@H]1C2=CC3=C(C)C4=C(O)CC(=C5N=C(C=C6N=C(C=C(N2)[C@@H]1C)C(C(C)OCc1cccc(I)c1)=C6C)C(C)=C5CCC(=O)O)C4=N3. The molecule has 0 saturated carbocycles. The number of aliphatic hydroxyl groups is 1. The second-order valence-corrected chi connectivity index (χ2v) is 14.8. The van der Waals surface area contributed by atoms with Gasteiger partial charge in [-0.1, -0.05) is 26.0 Å². The van der Waals surface area contributed by atoms with E-state index in [2.05, 4.69) is 86.0 Å². The van der Waals surface area contributed by atoms with Crippen LogP contribution in [0.15, 0.2) is 131 Å². The molecular weight excluding hydrogens is 727 g/mol. The van der Waals surface area contributed by atoms with E-state index in [1.54, 1.807) is 0 Å². The molecule has 9 heteroatoms. The monoisotopic (exact) mass is 768 g/mol. The maximum absolute atomic E-state index is 11.7. The molecule has 3 N–H and O–H groups in total. The number of aliphatic imine (C=N–C) groups is 3. The molecule has 7 rings (SSSR count). The number of hydrogen-bond acceptors (Lipinski definition) is 7. The van der Waals surface area contributed by atoms with Gasteiger partial charge in [0.25, 0.3) is 0 Å². The topological polar surface area (TPSA) is 116 Å². The van der Waals surface area contributed by atoms with Crippen LogP contribution in [0.3, 0.4) is 0 Å². The van der Waals surface area contributed by atoms with Crippen LogP contribution in [0.1, 0.15) is 72.8 Å². The fourth-order valence-electron chi connectivity index (χ4n) is 7.81. The molecule has 5 aliphatic heterocycles. The summed E-state index contributed by atoms with van der Waals surface area (Å²) in [5.41, 5.74) is 14.4. The first-order valence-electron chi connectivity index (χ1n) is 17.0. The highest BCUT2D eigenvalue weighted by molar-refractivity contribution is 14.1. The van der Waals surface area contributed by atoms with Gasteiger partial charge in [0.1, 0.15) is 5.76 Å². The second kappa shape index (κ2) is 13.0. The van der Waals surface area contributed by atoms with Crippen LogP contribution in [0.4, 0.5) is 0 Å². The van der Waals surface area contributed by atoms with E-state index in [9.17, 15) is 15.0 Å². The molecule has 8 nitrogen and oxygen atoms in total. The Balaban J connectivity index is 1.40. The van der Waals surface area contributed by atoms with Crippen molar-refractivity contribution in [3.63, 3.8) is 0 Å². The van der Waals surface area contributed by atoms with Crippen LogP contribution in [0.25, 0.3) is 0 Å². The van der Waals surface area contributed by atoms with Crippen LogP contribution < -0.4 is 5.32 Å². The number of ether oxygens (including phenoxy) is 1. The molecule has 1 aromatic carbocycles. The van der Waals surface area contributed by atoms with E-state index in [0.29, 0.717) is 25.1 Å². The molecule has 252 valence electrons. The number of allylic oxidation sites excluding steroid dienone is 11. The quantitative estimate of drug-likeness (QED) is 0.229. The van der Waals surface area contributed by atoms with Crippen LogP contribution in [0.5, 0.6) is 0 Å². The Labute approximate surface area is 301 Å². The Morgan fingerprint density at radius 1 is 1.06 bits per heavy atom. The molecule has 5 heterocycles. The molecule has 3 atom stereocenters. The maximum atomic E-state index is 11.7. The number of carboxylic acids is 1. The van der Waals surface area contributed by atoms with Gasteiger partial charge in [0, 0.05) is 56.4 Å². The zero-order valence-corrected chi connectivity index (χ0v) is 30.9. The molecule has 1 aliphatic carbocycles. The van der Waals surface area contributed by atoms with Crippen LogP contribution in [-0.4, -0.2) is 39.4 Å². The van der Waals surface area contributed by atoms with E-state index in [1.807, 2.05) is 26.0 Å². The number of aliphatic carboxylic acids is 1. The summed E-state index contributed by atoms with van der Waals surface area (Å²) in [5.74, 6) is -0.0965. The normalized spacial score (nSPS) is 23.6. The molecule has 1 unspecified atom stereocenters. The number of rotatable bonds is 8. The molecule has 49 heavy (non-hydrogen) atoms. The molecule has 1 aromatic rings. The summed E-state index contributed by atoms with van der Waals surface area (Å²) >= 11 is 2.33. The summed E-state index contributed by atoms with van der Waals surface area (Å²) in [4.78, 5) is 27.2. The largest absolute Gasteiger partial charge is 0.511 e. The van der Waals surface area contributed by atoms with Gasteiger partial charge in [0.2, 0.25) is 0 Å². The Hall–Kier alpha value is -4.09. The van der Waals surface area contributed by atoms with E-state index in [-0.39, 0.29) is 30.1 Å². The third-order valence-electron chi connectivity index (χ3n) is 10.6. The third-order valence-corrected chi connectivity index (χ3v) is 11.2. The number of carboxylic acid groups (broad SMARTS) is 1.